The third-order valence-electron chi connectivity index (χ3n) is 3.96. The Kier molecular flexibility index (Phi) is 9.56. The lowest BCUT2D eigenvalue weighted by Gasteiger charge is -2.24. The van der Waals surface area contributed by atoms with E-state index in [1.54, 1.807) is 0 Å². The van der Waals surface area contributed by atoms with Gasteiger partial charge >= 0.3 is 0 Å². The fourth-order valence-corrected chi connectivity index (χ4v) is 2.75. The molecule has 0 aromatic heterocycles. The second-order valence-electron chi connectivity index (χ2n) is 6.76. The molecule has 1 aliphatic rings. The second kappa shape index (κ2) is 10.9. The molecular formula is C19H32IN3O2. The summed E-state index contributed by atoms with van der Waals surface area (Å²) in [5, 5.41) is 6.70. The van der Waals surface area contributed by atoms with Crippen LogP contribution in [0.25, 0.3) is 0 Å². The number of hydrogen-bond donors (Lipinski definition) is 2. The van der Waals surface area contributed by atoms with Crippen LogP contribution in [0.15, 0.2) is 29.3 Å². The molecule has 1 unspecified atom stereocenters. The Morgan fingerprint density at radius 3 is 2.80 bits per heavy atom. The summed E-state index contributed by atoms with van der Waals surface area (Å²) in [5.74, 6) is 1.71. The second-order valence-corrected chi connectivity index (χ2v) is 6.76. The van der Waals surface area contributed by atoms with Crippen LogP contribution >= 0.6 is 24.0 Å². The zero-order valence-corrected chi connectivity index (χ0v) is 18.1. The fraction of sp³-hybridized carbons (Fsp3) is 0.632. The minimum Gasteiger partial charge on any atom is -0.491 e. The molecule has 0 amide bonds. The van der Waals surface area contributed by atoms with E-state index in [0.717, 1.165) is 49.8 Å². The first-order valence-corrected chi connectivity index (χ1v) is 8.92. The van der Waals surface area contributed by atoms with E-state index >= 15 is 0 Å². The Morgan fingerprint density at radius 1 is 1.36 bits per heavy atom. The Hall–Kier alpha value is -1.02. The molecule has 2 rings (SSSR count). The predicted octanol–water partition coefficient (Wildman–Crippen LogP) is 3.72. The van der Waals surface area contributed by atoms with Crippen LogP contribution < -0.4 is 15.4 Å². The standard InChI is InChI=1S/C19H31N3O2.HI/c1-5-20-18(22-14-19(4)10-7-11-23-19)21-13-16-8-6-9-17(12-16)24-15(2)3;/h6,8-9,12,15H,5,7,10-11,13-14H2,1-4H3,(H2,20,21,22);1H. The summed E-state index contributed by atoms with van der Waals surface area (Å²) < 4.78 is 11.6. The number of nitrogens with zero attached hydrogens (tertiary/aromatic N) is 1. The van der Waals surface area contributed by atoms with E-state index in [9.17, 15) is 0 Å². The van der Waals surface area contributed by atoms with E-state index in [4.69, 9.17) is 9.47 Å². The summed E-state index contributed by atoms with van der Waals surface area (Å²) in [5.41, 5.74) is 1.05. The van der Waals surface area contributed by atoms with Gasteiger partial charge in [-0.25, -0.2) is 4.99 Å². The molecule has 1 saturated heterocycles. The summed E-state index contributed by atoms with van der Waals surface area (Å²) in [7, 11) is 0. The van der Waals surface area contributed by atoms with Crippen molar-refractivity contribution >= 4 is 29.9 Å². The molecule has 1 aliphatic heterocycles. The van der Waals surface area contributed by atoms with Crippen molar-refractivity contribution < 1.29 is 9.47 Å². The van der Waals surface area contributed by atoms with Gasteiger partial charge in [-0.2, -0.15) is 0 Å². The zero-order valence-electron chi connectivity index (χ0n) is 15.8. The highest BCUT2D eigenvalue weighted by molar-refractivity contribution is 14.0. The van der Waals surface area contributed by atoms with Crippen molar-refractivity contribution in [2.45, 2.75) is 58.8 Å². The van der Waals surface area contributed by atoms with Gasteiger partial charge in [-0.1, -0.05) is 12.1 Å². The molecule has 25 heavy (non-hydrogen) atoms. The van der Waals surface area contributed by atoms with Crippen LogP contribution in [0, 0.1) is 0 Å². The molecule has 1 heterocycles. The topological polar surface area (TPSA) is 54.9 Å². The number of ether oxygens (including phenoxy) is 2. The first-order chi connectivity index (χ1) is 11.5. The van der Waals surface area contributed by atoms with Gasteiger partial charge in [-0.3, -0.25) is 0 Å². The lowest BCUT2D eigenvalue weighted by Crippen LogP contribution is -2.45. The highest BCUT2D eigenvalue weighted by Gasteiger charge is 2.29. The van der Waals surface area contributed by atoms with Crippen molar-refractivity contribution in [3.05, 3.63) is 29.8 Å². The van der Waals surface area contributed by atoms with E-state index in [2.05, 4.69) is 41.6 Å². The summed E-state index contributed by atoms with van der Waals surface area (Å²) in [6, 6.07) is 8.11. The largest absolute Gasteiger partial charge is 0.491 e. The average Bonchev–Trinajstić information content (AvgIpc) is 2.97. The first kappa shape index (κ1) is 22.0. The average molecular weight is 461 g/mol. The molecule has 142 valence electrons. The maximum atomic E-state index is 5.82. The van der Waals surface area contributed by atoms with Crippen molar-refractivity contribution in [1.29, 1.82) is 0 Å². The van der Waals surface area contributed by atoms with Gasteiger partial charge in [0.25, 0.3) is 0 Å². The lowest BCUT2D eigenvalue weighted by atomic mass is 10.0. The Bertz CT molecular complexity index is 543. The maximum Gasteiger partial charge on any atom is 0.191 e. The zero-order chi connectivity index (χ0) is 17.4. The van der Waals surface area contributed by atoms with Gasteiger partial charge in [0.1, 0.15) is 5.75 Å². The molecule has 0 saturated carbocycles. The molecule has 2 N–H and O–H groups in total. The SMILES string of the molecule is CCNC(=NCc1cccc(OC(C)C)c1)NCC1(C)CCCO1.I. The van der Waals surface area contributed by atoms with Gasteiger partial charge in [-0.15, -0.1) is 24.0 Å². The molecule has 0 bridgehead atoms. The molecular weight excluding hydrogens is 429 g/mol. The van der Waals surface area contributed by atoms with E-state index < -0.39 is 0 Å². The number of rotatable bonds is 7. The quantitative estimate of drug-likeness (QED) is 0.369. The van der Waals surface area contributed by atoms with E-state index in [-0.39, 0.29) is 35.7 Å². The van der Waals surface area contributed by atoms with Crippen molar-refractivity contribution in [2.75, 3.05) is 19.7 Å². The van der Waals surface area contributed by atoms with Crippen LogP contribution in [-0.4, -0.2) is 37.4 Å². The molecule has 6 heteroatoms. The Morgan fingerprint density at radius 2 is 2.16 bits per heavy atom. The summed E-state index contributed by atoms with van der Waals surface area (Å²) in [4.78, 5) is 4.68. The van der Waals surface area contributed by atoms with Gasteiger partial charge in [0.15, 0.2) is 5.96 Å². The molecule has 5 nitrogen and oxygen atoms in total. The van der Waals surface area contributed by atoms with Crippen LogP contribution in [0.3, 0.4) is 0 Å². The Balaban J connectivity index is 0.00000312. The number of nitrogens with one attached hydrogen (secondary N) is 2. The number of aliphatic imine (C=N–C) groups is 1. The number of hydrogen-bond acceptors (Lipinski definition) is 3. The van der Waals surface area contributed by atoms with Crippen LogP contribution in [0.1, 0.15) is 46.1 Å². The third-order valence-corrected chi connectivity index (χ3v) is 3.96. The van der Waals surface area contributed by atoms with Crippen molar-refractivity contribution in [3.63, 3.8) is 0 Å². The van der Waals surface area contributed by atoms with Crippen molar-refractivity contribution in [3.8, 4) is 5.75 Å². The fourth-order valence-electron chi connectivity index (χ4n) is 2.75. The first-order valence-electron chi connectivity index (χ1n) is 8.92. The highest BCUT2D eigenvalue weighted by Crippen LogP contribution is 2.23. The predicted molar refractivity (Wildman–Crippen MR) is 114 cm³/mol. The summed E-state index contributed by atoms with van der Waals surface area (Å²) >= 11 is 0. The molecule has 1 aromatic rings. The van der Waals surface area contributed by atoms with Gasteiger partial charge in [0, 0.05) is 19.7 Å². The molecule has 0 aliphatic carbocycles. The van der Waals surface area contributed by atoms with Crippen LogP contribution in [0.5, 0.6) is 5.75 Å². The minimum atomic E-state index is -0.0821. The van der Waals surface area contributed by atoms with E-state index in [1.165, 1.54) is 0 Å². The lowest BCUT2D eigenvalue weighted by molar-refractivity contribution is 0.0243. The third kappa shape index (κ3) is 7.81. The van der Waals surface area contributed by atoms with Crippen LogP contribution in [0.2, 0.25) is 0 Å². The van der Waals surface area contributed by atoms with Crippen LogP contribution in [-0.2, 0) is 11.3 Å². The smallest absolute Gasteiger partial charge is 0.191 e. The van der Waals surface area contributed by atoms with Gasteiger partial charge in [0.2, 0.25) is 0 Å². The van der Waals surface area contributed by atoms with Crippen LogP contribution in [0.4, 0.5) is 0 Å². The monoisotopic (exact) mass is 461 g/mol. The highest BCUT2D eigenvalue weighted by atomic mass is 127. The summed E-state index contributed by atoms with van der Waals surface area (Å²) in [6.45, 7) is 11.4. The van der Waals surface area contributed by atoms with Crippen molar-refractivity contribution in [2.24, 2.45) is 4.99 Å². The normalized spacial score (nSPS) is 20.3. The van der Waals surface area contributed by atoms with E-state index in [1.807, 2.05) is 26.0 Å². The molecule has 1 aromatic carbocycles. The number of benzene rings is 1. The Labute approximate surface area is 169 Å². The van der Waals surface area contributed by atoms with E-state index in [0.29, 0.717) is 6.54 Å². The maximum absolute atomic E-state index is 5.82. The van der Waals surface area contributed by atoms with Gasteiger partial charge < -0.3 is 20.1 Å². The minimum absolute atomic E-state index is 0. The molecule has 1 atom stereocenters. The molecule has 0 radical (unpaired) electrons. The summed E-state index contributed by atoms with van der Waals surface area (Å²) in [6.07, 6.45) is 2.40. The van der Waals surface area contributed by atoms with Gasteiger partial charge in [0.05, 0.1) is 18.2 Å². The molecule has 0 spiro atoms. The van der Waals surface area contributed by atoms with Gasteiger partial charge in [-0.05, 0) is 58.2 Å². The van der Waals surface area contributed by atoms with Crippen molar-refractivity contribution in [1.82, 2.24) is 10.6 Å². The molecule has 1 fully saturated rings. The number of guanidine groups is 1. The number of halogens is 1.